The van der Waals surface area contributed by atoms with Crippen LogP contribution in [0.1, 0.15) is 16.4 Å². The van der Waals surface area contributed by atoms with E-state index in [1.54, 1.807) is 18.2 Å². The molecule has 0 radical (unpaired) electrons. The van der Waals surface area contributed by atoms with E-state index in [4.69, 9.17) is 5.26 Å². The SMILES string of the molecule is Cc1ccc(S(=O)(=O)C(C#N)c2ccccc2F)cc1. The molecule has 0 fully saturated rings. The molecule has 0 amide bonds. The van der Waals surface area contributed by atoms with Gasteiger partial charge in [-0.2, -0.15) is 5.26 Å². The predicted octanol–water partition coefficient (Wildman–Crippen LogP) is 3.17. The summed E-state index contributed by atoms with van der Waals surface area (Å²) in [5, 5.41) is 7.61. The van der Waals surface area contributed by atoms with Crippen LogP contribution in [0.2, 0.25) is 0 Å². The van der Waals surface area contributed by atoms with Crippen molar-refractivity contribution < 1.29 is 12.8 Å². The van der Waals surface area contributed by atoms with Gasteiger partial charge in [0.05, 0.1) is 11.0 Å². The second-order valence-electron chi connectivity index (χ2n) is 4.39. The van der Waals surface area contributed by atoms with Gasteiger partial charge < -0.3 is 0 Å². The molecule has 2 aromatic carbocycles. The number of nitriles is 1. The minimum atomic E-state index is -3.94. The molecule has 0 heterocycles. The number of hydrogen-bond donors (Lipinski definition) is 0. The Balaban J connectivity index is 2.55. The molecule has 0 bridgehead atoms. The van der Waals surface area contributed by atoms with E-state index in [0.717, 1.165) is 11.6 Å². The van der Waals surface area contributed by atoms with Crippen molar-refractivity contribution in [2.75, 3.05) is 0 Å². The first-order valence-electron chi connectivity index (χ1n) is 5.91. The highest BCUT2D eigenvalue weighted by atomic mass is 32.2. The van der Waals surface area contributed by atoms with Gasteiger partial charge in [0, 0.05) is 5.56 Å². The third kappa shape index (κ3) is 2.56. The van der Waals surface area contributed by atoms with Crippen LogP contribution in [-0.4, -0.2) is 8.42 Å². The monoisotopic (exact) mass is 289 g/mol. The Morgan fingerprint density at radius 2 is 1.70 bits per heavy atom. The van der Waals surface area contributed by atoms with E-state index in [2.05, 4.69) is 0 Å². The molecule has 102 valence electrons. The van der Waals surface area contributed by atoms with Crippen LogP contribution in [-0.2, 0) is 9.84 Å². The summed E-state index contributed by atoms with van der Waals surface area (Å²) in [5.41, 5.74) is 0.777. The summed E-state index contributed by atoms with van der Waals surface area (Å²) in [6.45, 7) is 1.83. The molecule has 0 saturated heterocycles. The van der Waals surface area contributed by atoms with Crippen molar-refractivity contribution in [1.29, 1.82) is 5.26 Å². The number of benzene rings is 2. The van der Waals surface area contributed by atoms with Crippen molar-refractivity contribution in [3.8, 4) is 6.07 Å². The lowest BCUT2D eigenvalue weighted by atomic mass is 10.1. The quantitative estimate of drug-likeness (QED) is 0.872. The van der Waals surface area contributed by atoms with Crippen molar-refractivity contribution in [1.82, 2.24) is 0 Å². The number of sulfone groups is 1. The van der Waals surface area contributed by atoms with Crippen LogP contribution in [0.15, 0.2) is 53.4 Å². The molecule has 3 nitrogen and oxygen atoms in total. The fourth-order valence-electron chi connectivity index (χ4n) is 1.86. The van der Waals surface area contributed by atoms with Crippen LogP contribution in [0.25, 0.3) is 0 Å². The van der Waals surface area contributed by atoms with E-state index >= 15 is 0 Å². The second kappa shape index (κ2) is 5.43. The molecular weight excluding hydrogens is 277 g/mol. The fourth-order valence-corrected chi connectivity index (χ4v) is 3.31. The van der Waals surface area contributed by atoms with E-state index in [1.165, 1.54) is 30.3 Å². The van der Waals surface area contributed by atoms with Crippen LogP contribution >= 0.6 is 0 Å². The summed E-state index contributed by atoms with van der Waals surface area (Å²) in [4.78, 5) is 0.0119. The number of hydrogen-bond acceptors (Lipinski definition) is 3. The lowest BCUT2D eigenvalue weighted by Gasteiger charge is -2.12. The smallest absolute Gasteiger partial charge is 0.198 e. The molecule has 0 aliphatic rings. The van der Waals surface area contributed by atoms with Crippen LogP contribution in [0.3, 0.4) is 0 Å². The highest BCUT2D eigenvalue weighted by Gasteiger charge is 2.31. The van der Waals surface area contributed by atoms with Gasteiger partial charge in [0.25, 0.3) is 0 Å². The van der Waals surface area contributed by atoms with Gasteiger partial charge in [-0.3, -0.25) is 0 Å². The van der Waals surface area contributed by atoms with Crippen LogP contribution < -0.4 is 0 Å². The molecule has 2 aromatic rings. The Labute approximate surface area is 117 Å². The minimum Gasteiger partial charge on any atom is -0.222 e. The van der Waals surface area contributed by atoms with E-state index in [1.807, 2.05) is 6.92 Å². The number of aryl methyl sites for hydroxylation is 1. The Bertz CT molecular complexity index is 761. The zero-order valence-corrected chi connectivity index (χ0v) is 11.6. The van der Waals surface area contributed by atoms with Gasteiger partial charge in [0.15, 0.2) is 15.1 Å². The molecule has 0 saturated carbocycles. The first-order chi connectivity index (χ1) is 9.46. The van der Waals surface area contributed by atoms with E-state index in [9.17, 15) is 12.8 Å². The molecule has 0 N–H and O–H groups in total. The number of nitrogens with zero attached hydrogens (tertiary/aromatic N) is 1. The topological polar surface area (TPSA) is 57.9 Å². The maximum Gasteiger partial charge on any atom is 0.198 e. The number of rotatable bonds is 3. The molecule has 1 unspecified atom stereocenters. The van der Waals surface area contributed by atoms with E-state index < -0.39 is 20.9 Å². The van der Waals surface area contributed by atoms with Gasteiger partial charge >= 0.3 is 0 Å². The molecule has 20 heavy (non-hydrogen) atoms. The van der Waals surface area contributed by atoms with E-state index in [0.29, 0.717) is 0 Å². The van der Waals surface area contributed by atoms with Crippen LogP contribution in [0.5, 0.6) is 0 Å². The maximum absolute atomic E-state index is 13.7. The molecule has 0 aliphatic carbocycles. The van der Waals surface area contributed by atoms with Gasteiger partial charge in [0.1, 0.15) is 5.82 Å². The summed E-state index contributed by atoms with van der Waals surface area (Å²) >= 11 is 0. The molecule has 2 rings (SSSR count). The summed E-state index contributed by atoms with van der Waals surface area (Å²) in [6, 6.07) is 13.2. The van der Waals surface area contributed by atoms with Crippen LogP contribution in [0, 0.1) is 24.1 Å². The molecular formula is C15H12FNO2S. The first kappa shape index (κ1) is 14.2. The third-order valence-electron chi connectivity index (χ3n) is 2.96. The molecule has 0 aliphatic heterocycles. The molecule has 0 spiro atoms. The van der Waals surface area contributed by atoms with Gasteiger partial charge in [-0.05, 0) is 25.1 Å². The Kier molecular flexibility index (Phi) is 3.86. The van der Waals surface area contributed by atoms with Crippen molar-refractivity contribution in [3.05, 3.63) is 65.5 Å². The van der Waals surface area contributed by atoms with Crippen molar-refractivity contribution >= 4 is 9.84 Å². The lowest BCUT2D eigenvalue weighted by Crippen LogP contribution is -2.13. The average molecular weight is 289 g/mol. The highest BCUT2D eigenvalue weighted by Crippen LogP contribution is 2.30. The second-order valence-corrected chi connectivity index (χ2v) is 6.42. The summed E-state index contributed by atoms with van der Waals surface area (Å²) in [6.07, 6.45) is 0. The normalized spacial score (nSPS) is 12.7. The molecule has 5 heteroatoms. The Morgan fingerprint density at radius 1 is 1.10 bits per heavy atom. The number of halogens is 1. The zero-order chi connectivity index (χ0) is 14.8. The lowest BCUT2D eigenvalue weighted by molar-refractivity contribution is 0.581. The van der Waals surface area contributed by atoms with Crippen molar-refractivity contribution in [3.63, 3.8) is 0 Å². The standard InChI is InChI=1S/C15H12FNO2S/c1-11-6-8-12(9-7-11)20(18,19)15(10-17)13-4-2-3-5-14(13)16/h2-9,15H,1H3. The third-order valence-corrected chi connectivity index (χ3v) is 4.87. The Hall–Kier alpha value is -2.19. The molecule has 1 atom stereocenters. The first-order valence-corrected chi connectivity index (χ1v) is 7.46. The molecule has 0 aromatic heterocycles. The van der Waals surface area contributed by atoms with Gasteiger partial charge in [-0.15, -0.1) is 0 Å². The van der Waals surface area contributed by atoms with Gasteiger partial charge in [-0.25, -0.2) is 12.8 Å². The minimum absolute atomic E-state index is 0.0119. The van der Waals surface area contributed by atoms with E-state index in [-0.39, 0.29) is 10.5 Å². The predicted molar refractivity (Wildman–Crippen MR) is 73.1 cm³/mol. The largest absolute Gasteiger partial charge is 0.222 e. The fraction of sp³-hybridized carbons (Fsp3) is 0.133. The zero-order valence-electron chi connectivity index (χ0n) is 10.7. The van der Waals surface area contributed by atoms with Crippen LogP contribution in [0.4, 0.5) is 4.39 Å². The summed E-state index contributed by atoms with van der Waals surface area (Å²) in [7, 11) is -3.94. The van der Waals surface area contributed by atoms with Gasteiger partial charge in [0.2, 0.25) is 0 Å². The summed E-state index contributed by atoms with van der Waals surface area (Å²) in [5.74, 6) is -0.699. The van der Waals surface area contributed by atoms with Gasteiger partial charge in [-0.1, -0.05) is 35.9 Å². The Morgan fingerprint density at radius 3 is 2.25 bits per heavy atom. The van der Waals surface area contributed by atoms with Crippen molar-refractivity contribution in [2.45, 2.75) is 17.1 Å². The summed E-state index contributed by atoms with van der Waals surface area (Å²) < 4.78 is 38.6. The highest BCUT2D eigenvalue weighted by molar-refractivity contribution is 7.92. The van der Waals surface area contributed by atoms with Crippen molar-refractivity contribution in [2.24, 2.45) is 0 Å². The maximum atomic E-state index is 13.7. The average Bonchev–Trinajstić information content (AvgIpc) is 2.42.